The van der Waals surface area contributed by atoms with Crippen LogP contribution in [-0.2, 0) is 4.79 Å². The Labute approximate surface area is 119 Å². The topological polar surface area (TPSA) is 54.9 Å². The SMILES string of the molecule is O=C(C=Cc1cccc2cccnc12)Nc1nccs1. The second-order valence-corrected chi connectivity index (χ2v) is 4.98. The monoisotopic (exact) mass is 281 g/mol. The maximum absolute atomic E-state index is 11.8. The highest BCUT2D eigenvalue weighted by molar-refractivity contribution is 7.13. The lowest BCUT2D eigenvalue weighted by atomic mass is 10.1. The summed E-state index contributed by atoms with van der Waals surface area (Å²) in [5.74, 6) is -0.201. The van der Waals surface area contributed by atoms with Crippen molar-refractivity contribution in [1.82, 2.24) is 9.97 Å². The van der Waals surface area contributed by atoms with Crippen LogP contribution in [0, 0.1) is 0 Å². The molecule has 0 bridgehead atoms. The number of amides is 1. The Bertz CT molecular complexity index is 760. The number of anilines is 1. The Morgan fingerprint density at radius 2 is 2.05 bits per heavy atom. The van der Waals surface area contributed by atoms with Gasteiger partial charge in [0.25, 0.3) is 0 Å². The fourth-order valence-electron chi connectivity index (χ4n) is 1.86. The summed E-state index contributed by atoms with van der Waals surface area (Å²) in [4.78, 5) is 20.1. The molecule has 1 aromatic carbocycles. The molecule has 0 aliphatic rings. The summed E-state index contributed by atoms with van der Waals surface area (Å²) in [6.45, 7) is 0. The van der Waals surface area contributed by atoms with Crippen LogP contribution in [0.25, 0.3) is 17.0 Å². The van der Waals surface area contributed by atoms with E-state index in [0.717, 1.165) is 16.5 Å². The number of rotatable bonds is 3. The predicted molar refractivity (Wildman–Crippen MR) is 81.5 cm³/mol. The molecule has 0 unspecified atom stereocenters. The van der Waals surface area contributed by atoms with E-state index in [0.29, 0.717) is 5.13 Å². The Morgan fingerprint density at radius 1 is 1.15 bits per heavy atom. The molecule has 2 aromatic heterocycles. The first-order chi connectivity index (χ1) is 9.83. The molecule has 0 spiro atoms. The van der Waals surface area contributed by atoms with Crippen LogP contribution in [0.4, 0.5) is 5.13 Å². The summed E-state index contributed by atoms with van der Waals surface area (Å²) in [5, 5.41) is 6.16. The van der Waals surface area contributed by atoms with Crippen LogP contribution < -0.4 is 5.32 Å². The van der Waals surface area contributed by atoms with E-state index in [4.69, 9.17) is 0 Å². The molecule has 3 rings (SSSR count). The minimum Gasteiger partial charge on any atom is -0.298 e. The van der Waals surface area contributed by atoms with E-state index in [1.54, 1.807) is 18.5 Å². The van der Waals surface area contributed by atoms with Crippen molar-refractivity contribution in [2.45, 2.75) is 0 Å². The number of nitrogens with zero attached hydrogens (tertiary/aromatic N) is 2. The lowest BCUT2D eigenvalue weighted by molar-refractivity contribution is -0.111. The molecule has 0 aliphatic heterocycles. The van der Waals surface area contributed by atoms with Crippen LogP contribution >= 0.6 is 11.3 Å². The van der Waals surface area contributed by atoms with Crippen molar-refractivity contribution in [3.8, 4) is 0 Å². The average molecular weight is 281 g/mol. The molecule has 1 amide bonds. The van der Waals surface area contributed by atoms with E-state index in [2.05, 4.69) is 15.3 Å². The molecule has 5 heteroatoms. The van der Waals surface area contributed by atoms with Gasteiger partial charge in [-0.1, -0.05) is 24.3 Å². The summed E-state index contributed by atoms with van der Waals surface area (Å²) < 4.78 is 0. The van der Waals surface area contributed by atoms with Crippen molar-refractivity contribution in [3.05, 3.63) is 59.7 Å². The number of carbonyl (C=O) groups excluding carboxylic acids is 1. The predicted octanol–water partition coefficient (Wildman–Crippen LogP) is 3.34. The molecule has 0 fully saturated rings. The summed E-state index contributed by atoms with van der Waals surface area (Å²) in [6.07, 6.45) is 6.65. The molecule has 98 valence electrons. The smallest absolute Gasteiger partial charge is 0.250 e. The summed E-state index contributed by atoms with van der Waals surface area (Å²) in [5.41, 5.74) is 1.80. The second-order valence-electron chi connectivity index (χ2n) is 4.08. The minimum absolute atomic E-state index is 0.201. The van der Waals surface area contributed by atoms with E-state index in [-0.39, 0.29) is 5.91 Å². The standard InChI is InChI=1S/C15H11N3OS/c19-13(18-15-17-9-10-20-15)7-6-12-4-1-3-11-5-2-8-16-14(11)12/h1-10H,(H,17,18,19). The molecule has 2 heterocycles. The van der Waals surface area contributed by atoms with E-state index in [1.165, 1.54) is 17.4 Å². The lowest BCUT2D eigenvalue weighted by Crippen LogP contribution is -2.07. The molecular weight excluding hydrogens is 270 g/mol. The molecular formula is C15H11N3OS. The van der Waals surface area contributed by atoms with Gasteiger partial charge in [-0.15, -0.1) is 11.3 Å². The number of pyridine rings is 1. The van der Waals surface area contributed by atoms with Crippen molar-refractivity contribution in [2.75, 3.05) is 5.32 Å². The van der Waals surface area contributed by atoms with Crippen LogP contribution in [0.1, 0.15) is 5.56 Å². The Hall–Kier alpha value is -2.53. The fraction of sp³-hybridized carbons (Fsp3) is 0. The molecule has 0 saturated carbocycles. The summed E-state index contributed by atoms with van der Waals surface area (Å²) in [6, 6.07) is 9.76. The normalized spacial score (nSPS) is 11.0. The van der Waals surface area contributed by atoms with Gasteiger partial charge in [-0.3, -0.25) is 15.1 Å². The van der Waals surface area contributed by atoms with Gasteiger partial charge in [0.15, 0.2) is 5.13 Å². The van der Waals surface area contributed by atoms with E-state index < -0.39 is 0 Å². The summed E-state index contributed by atoms with van der Waals surface area (Å²) in [7, 11) is 0. The highest BCUT2D eigenvalue weighted by atomic mass is 32.1. The van der Waals surface area contributed by atoms with Gasteiger partial charge in [0, 0.05) is 34.8 Å². The zero-order chi connectivity index (χ0) is 13.8. The van der Waals surface area contributed by atoms with Crippen molar-refractivity contribution >= 4 is 39.4 Å². The zero-order valence-corrected chi connectivity index (χ0v) is 11.3. The quantitative estimate of drug-likeness (QED) is 0.749. The molecule has 0 radical (unpaired) electrons. The first-order valence-corrected chi connectivity index (χ1v) is 6.93. The summed E-state index contributed by atoms with van der Waals surface area (Å²) >= 11 is 1.39. The van der Waals surface area contributed by atoms with Crippen LogP contribution in [0.3, 0.4) is 0 Å². The number of thiazole rings is 1. The number of aromatic nitrogens is 2. The van der Waals surface area contributed by atoms with Gasteiger partial charge in [0.1, 0.15) is 0 Å². The lowest BCUT2D eigenvalue weighted by Gasteiger charge is -2.00. The number of hydrogen-bond acceptors (Lipinski definition) is 4. The van der Waals surface area contributed by atoms with Crippen LogP contribution in [0.15, 0.2) is 54.2 Å². The molecule has 1 N–H and O–H groups in total. The minimum atomic E-state index is -0.201. The number of fused-ring (bicyclic) bond motifs is 1. The van der Waals surface area contributed by atoms with Crippen LogP contribution in [-0.4, -0.2) is 15.9 Å². The van der Waals surface area contributed by atoms with E-state index >= 15 is 0 Å². The third kappa shape index (κ3) is 2.73. The second kappa shape index (κ2) is 5.63. The molecule has 4 nitrogen and oxygen atoms in total. The van der Waals surface area contributed by atoms with Crippen molar-refractivity contribution in [2.24, 2.45) is 0 Å². The Kier molecular flexibility index (Phi) is 3.52. The number of carbonyl (C=O) groups is 1. The maximum atomic E-state index is 11.8. The number of hydrogen-bond donors (Lipinski definition) is 1. The van der Waals surface area contributed by atoms with Gasteiger partial charge in [0.2, 0.25) is 5.91 Å². The van der Waals surface area contributed by atoms with Crippen molar-refractivity contribution in [1.29, 1.82) is 0 Å². The van der Waals surface area contributed by atoms with Gasteiger partial charge in [-0.2, -0.15) is 0 Å². The van der Waals surface area contributed by atoms with Crippen LogP contribution in [0.2, 0.25) is 0 Å². The molecule has 3 aromatic rings. The molecule has 0 aliphatic carbocycles. The van der Waals surface area contributed by atoms with Crippen LogP contribution in [0.5, 0.6) is 0 Å². The number of benzene rings is 1. The van der Waals surface area contributed by atoms with Gasteiger partial charge in [-0.05, 0) is 12.1 Å². The maximum Gasteiger partial charge on any atom is 0.250 e. The van der Waals surface area contributed by atoms with Gasteiger partial charge >= 0.3 is 0 Å². The van der Waals surface area contributed by atoms with E-state index in [1.807, 2.05) is 35.7 Å². The van der Waals surface area contributed by atoms with Crippen molar-refractivity contribution in [3.63, 3.8) is 0 Å². The number of para-hydroxylation sites is 1. The first-order valence-electron chi connectivity index (χ1n) is 6.05. The van der Waals surface area contributed by atoms with E-state index in [9.17, 15) is 4.79 Å². The number of nitrogens with one attached hydrogen (secondary N) is 1. The highest BCUT2D eigenvalue weighted by Crippen LogP contribution is 2.17. The fourth-order valence-corrected chi connectivity index (χ4v) is 2.39. The van der Waals surface area contributed by atoms with Crippen molar-refractivity contribution < 1.29 is 4.79 Å². The Balaban J connectivity index is 1.82. The molecule has 0 saturated heterocycles. The van der Waals surface area contributed by atoms with Gasteiger partial charge in [-0.25, -0.2) is 4.98 Å². The average Bonchev–Trinajstić information content (AvgIpc) is 2.98. The molecule has 20 heavy (non-hydrogen) atoms. The molecule has 0 atom stereocenters. The zero-order valence-electron chi connectivity index (χ0n) is 10.5. The Morgan fingerprint density at radius 3 is 2.90 bits per heavy atom. The highest BCUT2D eigenvalue weighted by Gasteiger charge is 2.01. The van der Waals surface area contributed by atoms with Gasteiger partial charge < -0.3 is 0 Å². The third-order valence-corrected chi connectivity index (χ3v) is 3.43. The van der Waals surface area contributed by atoms with Gasteiger partial charge in [0.05, 0.1) is 5.52 Å². The third-order valence-electron chi connectivity index (χ3n) is 2.74. The largest absolute Gasteiger partial charge is 0.298 e. The first kappa shape index (κ1) is 12.5.